The molecule has 7 nitrogen and oxygen atoms in total. The average Bonchev–Trinajstić information content (AvgIpc) is 3.26. The van der Waals surface area contributed by atoms with Crippen molar-refractivity contribution in [1.82, 2.24) is 15.1 Å². The van der Waals surface area contributed by atoms with E-state index in [-0.39, 0.29) is 35.3 Å². The van der Waals surface area contributed by atoms with Crippen molar-refractivity contribution in [2.45, 2.75) is 52.0 Å². The fourth-order valence-corrected chi connectivity index (χ4v) is 4.06. The number of furan rings is 1. The van der Waals surface area contributed by atoms with E-state index in [1.807, 2.05) is 18.7 Å². The minimum Gasteiger partial charge on any atom is -0.459 e. The smallest absolute Gasteiger partial charge is 0.290 e. The lowest BCUT2D eigenvalue weighted by Gasteiger charge is -2.40. The minimum absolute atomic E-state index is 0.0273. The van der Waals surface area contributed by atoms with Crippen LogP contribution in [-0.2, 0) is 9.59 Å². The predicted molar refractivity (Wildman–Crippen MR) is 105 cm³/mol. The van der Waals surface area contributed by atoms with Crippen molar-refractivity contribution in [3.05, 3.63) is 24.2 Å². The summed E-state index contributed by atoms with van der Waals surface area (Å²) >= 11 is 0. The van der Waals surface area contributed by atoms with Crippen molar-refractivity contribution in [2.24, 2.45) is 11.8 Å². The van der Waals surface area contributed by atoms with E-state index in [4.69, 9.17) is 4.42 Å². The van der Waals surface area contributed by atoms with E-state index < -0.39 is 6.04 Å². The Kier molecular flexibility index (Phi) is 6.75. The number of likely N-dealkylation sites (tertiary alicyclic amines) is 2. The van der Waals surface area contributed by atoms with Gasteiger partial charge in [-0.15, -0.1) is 0 Å². The molecule has 154 valence electrons. The number of piperidine rings is 2. The Labute approximate surface area is 166 Å². The minimum atomic E-state index is -0.421. The summed E-state index contributed by atoms with van der Waals surface area (Å²) in [5, 5.41) is 2.98. The molecule has 3 rings (SSSR count). The predicted octanol–water partition coefficient (Wildman–Crippen LogP) is 2.29. The molecule has 28 heavy (non-hydrogen) atoms. The number of carbonyl (C=O) groups excluding carboxylic acids is 3. The molecule has 3 amide bonds. The van der Waals surface area contributed by atoms with Gasteiger partial charge in [-0.3, -0.25) is 14.4 Å². The summed E-state index contributed by atoms with van der Waals surface area (Å²) in [5.74, 6) is 0.377. The third-order valence-electron chi connectivity index (χ3n) is 5.70. The van der Waals surface area contributed by atoms with Crippen molar-refractivity contribution in [1.29, 1.82) is 0 Å². The molecule has 2 unspecified atom stereocenters. The van der Waals surface area contributed by atoms with Crippen LogP contribution in [0.2, 0.25) is 0 Å². The van der Waals surface area contributed by atoms with Crippen LogP contribution in [0, 0.1) is 11.8 Å². The van der Waals surface area contributed by atoms with Gasteiger partial charge in [-0.1, -0.05) is 13.8 Å². The second kappa shape index (κ2) is 9.26. The molecule has 0 bridgehead atoms. The molecule has 0 spiro atoms. The van der Waals surface area contributed by atoms with Gasteiger partial charge in [0, 0.05) is 32.1 Å². The Morgan fingerprint density at radius 3 is 2.71 bits per heavy atom. The van der Waals surface area contributed by atoms with Crippen LogP contribution in [-0.4, -0.2) is 59.7 Å². The van der Waals surface area contributed by atoms with Crippen LogP contribution in [0.25, 0.3) is 0 Å². The molecular formula is C21H31N3O4. The second-order valence-electron chi connectivity index (χ2n) is 8.18. The normalized spacial score (nSPS) is 23.0. The molecule has 7 heteroatoms. The van der Waals surface area contributed by atoms with Crippen LogP contribution >= 0.6 is 0 Å². The maximum atomic E-state index is 13.2. The maximum absolute atomic E-state index is 13.2. The summed E-state index contributed by atoms with van der Waals surface area (Å²) in [6.07, 6.45) is 5.94. The van der Waals surface area contributed by atoms with E-state index in [1.165, 1.54) is 6.26 Å². The van der Waals surface area contributed by atoms with Crippen LogP contribution < -0.4 is 5.32 Å². The fraction of sp³-hybridized carbons (Fsp3) is 0.667. The lowest BCUT2D eigenvalue weighted by molar-refractivity contribution is -0.139. The molecule has 2 atom stereocenters. The van der Waals surface area contributed by atoms with E-state index in [1.54, 1.807) is 17.0 Å². The van der Waals surface area contributed by atoms with Crippen LogP contribution in [0.4, 0.5) is 0 Å². The van der Waals surface area contributed by atoms with Crippen molar-refractivity contribution < 1.29 is 18.8 Å². The van der Waals surface area contributed by atoms with Crippen LogP contribution in [0.1, 0.15) is 56.5 Å². The van der Waals surface area contributed by atoms with Crippen molar-refractivity contribution >= 4 is 17.7 Å². The highest BCUT2D eigenvalue weighted by Crippen LogP contribution is 2.24. The summed E-state index contributed by atoms with van der Waals surface area (Å²) in [7, 11) is 0. The summed E-state index contributed by atoms with van der Waals surface area (Å²) < 4.78 is 5.26. The van der Waals surface area contributed by atoms with Gasteiger partial charge in [0.25, 0.3) is 5.91 Å². The van der Waals surface area contributed by atoms with Gasteiger partial charge in [0.05, 0.1) is 6.26 Å². The zero-order valence-electron chi connectivity index (χ0n) is 16.9. The summed E-state index contributed by atoms with van der Waals surface area (Å²) in [4.78, 5) is 41.4. The Hall–Kier alpha value is -2.31. The zero-order chi connectivity index (χ0) is 20.1. The highest BCUT2D eigenvalue weighted by atomic mass is 16.3. The van der Waals surface area contributed by atoms with Gasteiger partial charge >= 0.3 is 0 Å². The van der Waals surface area contributed by atoms with Crippen LogP contribution in [0.3, 0.4) is 0 Å². The van der Waals surface area contributed by atoms with Gasteiger partial charge in [0.1, 0.15) is 6.04 Å². The van der Waals surface area contributed by atoms with Gasteiger partial charge in [-0.2, -0.15) is 0 Å². The Morgan fingerprint density at radius 1 is 1.18 bits per heavy atom. The first-order valence-electron chi connectivity index (χ1n) is 10.4. The van der Waals surface area contributed by atoms with E-state index in [9.17, 15) is 14.4 Å². The number of hydrogen-bond donors (Lipinski definition) is 1. The largest absolute Gasteiger partial charge is 0.459 e. The SMILES string of the molecule is CC(C)C(=O)NCC1CCCN(C(=O)C2CCCCN2C(=O)c2ccco2)C1. The van der Waals surface area contributed by atoms with Gasteiger partial charge in [-0.05, 0) is 50.2 Å². The number of hydrogen-bond acceptors (Lipinski definition) is 4. The quantitative estimate of drug-likeness (QED) is 0.838. The first-order chi connectivity index (χ1) is 13.5. The van der Waals surface area contributed by atoms with Crippen molar-refractivity contribution in [3.8, 4) is 0 Å². The third-order valence-corrected chi connectivity index (χ3v) is 5.70. The molecular weight excluding hydrogens is 358 g/mol. The topological polar surface area (TPSA) is 82.9 Å². The first kappa shape index (κ1) is 20.4. The molecule has 0 aromatic carbocycles. The van der Waals surface area contributed by atoms with E-state index >= 15 is 0 Å². The molecule has 2 fully saturated rings. The number of nitrogens with zero attached hydrogens (tertiary/aromatic N) is 2. The number of rotatable bonds is 5. The lowest BCUT2D eigenvalue weighted by Crippen LogP contribution is -2.55. The van der Waals surface area contributed by atoms with Crippen molar-refractivity contribution in [3.63, 3.8) is 0 Å². The molecule has 1 aromatic heterocycles. The number of amides is 3. The molecule has 2 saturated heterocycles. The van der Waals surface area contributed by atoms with Gasteiger partial charge in [-0.25, -0.2) is 0 Å². The molecule has 1 aromatic rings. The monoisotopic (exact) mass is 389 g/mol. The average molecular weight is 389 g/mol. The van der Waals surface area contributed by atoms with Gasteiger partial charge in [0.15, 0.2) is 5.76 Å². The molecule has 2 aliphatic rings. The Bertz CT molecular complexity index is 686. The fourth-order valence-electron chi connectivity index (χ4n) is 4.06. The molecule has 3 heterocycles. The maximum Gasteiger partial charge on any atom is 0.290 e. The molecule has 0 radical (unpaired) electrons. The molecule has 0 saturated carbocycles. The standard InChI is InChI=1S/C21H31N3O4/c1-15(2)19(25)22-13-16-7-5-10-23(14-16)20(26)17-8-3-4-11-24(17)21(27)18-9-6-12-28-18/h6,9,12,15-17H,3-5,7-8,10-11,13-14H2,1-2H3,(H,22,25). The Balaban J connectivity index is 1.62. The zero-order valence-corrected chi connectivity index (χ0v) is 16.9. The third kappa shape index (κ3) is 4.75. The lowest BCUT2D eigenvalue weighted by atomic mass is 9.95. The first-order valence-corrected chi connectivity index (χ1v) is 10.4. The second-order valence-corrected chi connectivity index (χ2v) is 8.18. The van der Waals surface area contributed by atoms with Crippen LogP contribution in [0.5, 0.6) is 0 Å². The Morgan fingerprint density at radius 2 is 2.00 bits per heavy atom. The highest BCUT2D eigenvalue weighted by molar-refractivity contribution is 5.95. The number of nitrogens with one attached hydrogen (secondary N) is 1. The molecule has 1 N–H and O–H groups in total. The van der Waals surface area contributed by atoms with Crippen LogP contribution in [0.15, 0.2) is 22.8 Å². The summed E-state index contributed by atoms with van der Waals surface area (Å²) in [5.41, 5.74) is 0. The van der Waals surface area contributed by atoms with E-state index in [0.717, 1.165) is 25.7 Å². The number of carbonyl (C=O) groups is 3. The molecule has 0 aliphatic carbocycles. The van der Waals surface area contributed by atoms with Gasteiger partial charge in [0.2, 0.25) is 11.8 Å². The van der Waals surface area contributed by atoms with Crippen molar-refractivity contribution in [2.75, 3.05) is 26.2 Å². The van der Waals surface area contributed by atoms with E-state index in [0.29, 0.717) is 32.6 Å². The van der Waals surface area contributed by atoms with Gasteiger partial charge < -0.3 is 19.5 Å². The summed E-state index contributed by atoms with van der Waals surface area (Å²) in [6, 6.07) is 2.91. The summed E-state index contributed by atoms with van der Waals surface area (Å²) in [6.45, 7) is 6.28. The van der Waals surface area contributed by atoms with E-state index in [2.05, 4.69) is 5.32 Å². The molecule has 2 aliphatic heterocycles. The highest BCUT2D eigenvalue weighted by Gasteiger charge is 2.37.